The first-order chi connectivity index (χ1) is 6.86. The number of nitrogens with zero attached hydrogens (tertiary/aromatic N) is 1. The van der Waals surface area contributed by atoms with Crippen LogP contribution >= 0.6 is 25.4 Å². The van der Waals surface area contributed by atoms with E-state index in [0.717, 1.165) is 25.5 Å². The monoisotopic (exact) mass is 228 g/mol. The van der Waals surface area contributed by atoms with Crippen molar-refractivity contribution in [1.82, 2.24) is 9.62 Å². The van der Waals surface area contributed by atoms with E-state index in [1.165, 1.54) is 5.56 Å². The van der Waals surface area contributed by atoms with E-state index in [4.69, 9.17) is 0 Å². The first kappa shape index (κ1) is 11.9. The average molecular weight is 228 g/mol. The van der Waals surface area contributed by atoms with Crippen molar-refractivity contribution in [1.29, 1.82) is 0 Å². The summed E-state index contributed by atoms with van der Waals surface area (Å²) < 4.78 is 2.84. The number of hydrogen-bond acceptors (Lipinski definition) is 4. The first-order valence-electron chi connectivity index (χ1n) is 4.61. The van der Waals surface area contributed by atoms with Crippen LogP contribution < -0.4 is 4.72 Å². The normalized spacial score (nSPS) is 10.8. The van der Waals surface area contributed by atoms with Gasteiger partial charge in [-0.1, -0.05) is 43.1 Å². The van der Waals surface area contributed by atoms with Crippen LogP contribution in [0.5, 0.6) is 0 Å². The molecule has 0 heterocycles. The van der Waals surface area contributed by atoms with Gasteiger partial charge >= 0.3 is 0 Å². The van der Waals surface area contributed by atoms with Crippen LogP contribution in [-0.4, -0.2) is 23.9 Å². The summed E-state index contributed by atoms with van der Waals surface area (Å²) in [6.45, 7) is 2.78. The molecule has 0 radical (unpaired) electrons. The number of nitrogens with one attached hydrogen (secondary N) is 1. The summed E-state index contributed by atoms with van der Waals surface area (Å²) >= 11 is 8.25. The summed E-state index contributed by atoms with van der Waals surface area (Å²) in [6, 6.07) is 10.4. The van der Waals surface area contributed by atoms with E-state index in [-0.39, 0.29) is 0 Å². The van der Waals surface area contributed by atoms with E-state index in [2.05, 4.69) is 59.3 Å². The second-order valence-electron chi connectivity index (χ2n) is 3.09. The summed E-state index contributed by atoms with van der Waals surface area (Å²) in [6.07, 6.45) is 0. The molecular weight excluding hydrogens is 212 g/mol. The predicted octanol–water partition coefficient (Wildman–Crippen LogP) is 1.81. The minimum absolute atomic E-state index is 0.768. The molecule has 0 bridgehead atoms. The smallest absolute Gasteiger partial charge is 0.0418 e. The highest BCUT2D eigenvalue weighted by atomic mass is 32.1. The summed E-state index contributed by atoms with van der Waals surface area (Å²) in [5.41, 5.74) is 1.32. The molecule has 0 spiro atoms. The Labute approximate surface area is 96.6 Å². The van der Waals surface area contributed by atoms with Crippen molar-refractivity contribution in [3.8, 4) is 0 Å². The Morgan fingerprint density at radius 3 is 2.50 bits per heavy atom. The van der Waals surface area contributed by atoms with Crippen LogP contribution in [0.2, 0.25) is 0 Å². The maximum absolute atomic E-state index is 4.29. The third-order valence-corrected chi connectivity index (χ3v) is 2.61. The summed E-state index contributed by atoms with van der Waals surface area (Å²) in [4.78, 5) is 2.25. The Kier molecular flexibility index (Phi) is 6.10. The molecule has 0 aliphatic heterocycles. The van der Waals surface area contributed by atoms with E-state index >= 15 is 0 Å². The van der Waals surface area contributed by atoms with Gasteiger partial charge in [0.2, 0.25) is 0 Å². The molecule has 1 aromatic rings. The van der Waals surface area contributed by atoms with Crippen molar-refractivity contribution in [2.45, 2.75) is 6.54 Å². The van der Waals surface area contributed by atoms with Crippen molar-refractivity contribution in [2.75, 3.05) is 19.0 Å². The van der Waals surface area contributed by atoms with Gasteiger partial charge in [0.05, 0.1) is 0 Å². The fourth-order valence-corrected chi connectivity index (χ4v) is 1.59. The Morgan fingerprint density at radius 2 is 1.93 bits per heavy atom. The molecule has 1 aromatic carbocycles. The van der Waals surface area contributed by atoms with Crippen molar-refractivity contribution < 1.29 is 0 Å². The molecule has 0 aliphatic carbocycles. The third-order valence-electron chi connectivity index (χ3n) is 1.99. The van der Waals surface area contributed by atoms with Gasteiger partial charge < -0.3 is 0 Å². The largest absolute Gasteiger partial charge is 0.289 e. The zero-order valence-corrected chi connectivity index (χ0v) is 9.85. The molecule has 0 saturated carbocycles. The fraction of sp³-hybridized carbons (Fsp3) is 0.400. The lowest BCUT2D eigenvalue weighted by Gasteiger charge is -2.19. The molecule has 0 saturated heterocycles. The Morgan fingerprint density at radius 1 is 1.21 bits per heavy atom. The molecule has 1 rings (SSSR count). The Hall–Kier alpha value is -0.160. The van der Waals surface area contributed by atoms with Crippen LogP contribution in [0.3, 0.4) is 0 Å². The van der Waals surface area contributed by atoms with E-state index in [0.29, 0.717) is 0 Å². The molecule has 0 aliphatic rings. The SMILES string of the molecule is SCN(CCNS)Cc1ccccc1. The van der Waals surface area contributed by atoms with Crippen molar-refractivity contribution in [2.24, 2.45) is 0 Å². The molecule has 0 unspecified atom stereocenters. The van der Waals surface area contributed by atoms with Gasteiger partial charge in [0.1, 0.15) is 0 Å². The van der Waals surface area contributed by atoms with Crippen molar-refractivity contribution in [3.63, 3.8) is 0 Å². The first-order valence-corrected chi connectivity index (χ1v) is 5.69. The average Bonchev–Trinajstić information content (AvgIpc) is 2.25. The van der Waals surface area contributed by atoms with Gasteiger partial charge in [-0.25, -0.2) is 0 Å². The lowest BCUT2D eigenvalue weighted by atomic mass is 10.2. The molecule has 1 N–H and O–H groups in total. The molecule has 78 valence electrons. The topological polar surface area (TPSA) is 15.3 Å². The van der Waals surface area contributed by atoms with Crippen LogP contribution in [0.4, 0.5) is 0 Å². The number of benzene rings is 1. The second kappa shape index (κ2) is 7.17. The van der Waals surface area contributed by atoms with E-state index in [9.17, 15) is 0 Å². The van der Waals surface area contributed by atoms with Crippen LogP contribution in [0.25, 0.3) is 0 Å². The number of rotatable bonds is 6. The number of thiol groups is 2. The highest BCUT2D eigenvalue weighted by Gasteiger charge is 2.02. The van der Waals surface area contributed by atoms with Gasteiger partial charge in [0, 0.05) is 25.5 Å². The third kappa shape index (κ3) is 4.37. The van der Waals surface area contributed by atoms with E-state index in [1.807, 2.05) is 6.07 Å². The Balaban J connectivity index is 2.40. The summed E-state index contributed by atoms with van der Waals surface area (Å²) in [5.74, 6) is 0.768. The van der Waals surface area contributed by atoms with E-state index in [1.54, 1.807) is 0 Å². The minimum atomic E-state index is 0.768. The highest BCUT2D eigenvalue weighted by molar-refractivity contribution is 7.80. The molecule has 0 amide bonds. The molecule has 0 atom stereocenters. The highest BCUT2D eigenvalue weighted by Crippen LogP contribution is 2.04. The van der Waals surface area contributed by atoms with Crippen LogP contribution in [0.15, 0.2) is 30.3 Å². The van der Waals surface area contributed by atoms with Crippen molar-refractivity contribution in [3.05, 3.63) is 35.9 Å². The van der Waals surface area contributed by atoms with Gasteiger partial charge in [-0.05, 0) is 5.56 Å². The lowest BCUT2D eigenvalue weighted by Crippen LogP contribution is -2.28. The molecular formula is C10H16N2S2. The van der Waals surface area contributed by atoms with Crippen molar-refractivity contribution >= 4 is 25.4 Å². The van der Waals surface area contributed by atoms with E-state index < -0.39 is 0 Å². The molecule has 14 heavy (non-hydrogen) atoms. The molecule has 2 nitrogen and oxygen atoms in total. The standard InChI is InChI=1S/C10H16N2S2/c13-9-12(7-6-11-14)8-10-4-2-1-3-5-10/h1-5,11,13-14H,6-9H2. The zero-order valence-electron chi connectivity index (χ0n) is 8.06. The maximum atomic E-state index is 4.29. The summed E-state index contributed by atoms with van der Waals surface area (Å²) in [5, 5.41) is 0. The van der Waals surface area contributed by atoms with Gasteiger partial charge in [-0.3, -0.25) is 9.62 Å². The summed E-state index contributed by atoms with van der Waals surface area (Å²) in [7, 11) is 0. The lowest BCUT2D eigenvalue weighted by molar-refractivity contribution is 0.320. The Bertz CT molecular complexity index is 241. The van der Waals surface area contributed by atoms with Crippen LogP contribution in [-0.2, 0) is 6.54 Å². The van der Waals surface area contributed by atoms with Gasteiger partial charge in [-0.2, -0.15) is 12.6 Å². The van der Waals surface area contributed by atoms with Crippen LogP contribution in [0.1, 0.15) is 5.56 Å². The second-order valence-corrected chi connectivity index (χ2v) is 3.69. The fourth-order valence-electron chi connectivity index (χ4n) is 1.25. The zero-order chi connectivity index (χ0) is 10.2. The predicted molar refractivity (Wildman–Crippen MR) is 67.7 cm³/mol. The molecule has 4 heteroatoms. The number of hydrogen-bond donors (Lipinski definition) is 3. The van der Waals surface area contributed by atoms with Gasteiger partial charge in [0.25, 0.3) is 0 Å². The van der Waals surface area contributed by atoms with Gasteiger partial charge in [-0.15, -0.1) is 0 Å². The minimum Gasteiger partial charge on any atom is -0.289 e. The quantitative estimate of drug-likeness (QED) is 0.508. The van der Waals surface area contributed by atoms with Crippen LogP contribution in [0, 0.1) is 0 Å². The molecule has 0 fully saturated rings. The molecule has 0 aromatic heterocycles. The maximum Gasteiger partial charge on any atom is 0.0418 e. The van der Waals surface area contributed by atoms with Gasteiger partial charge in [0.15, 0.2) is 0 Å².